The standard InChI is InChI=1S/C16H12BrNO/c1-11-7-8-13(15(17)9-11)16(19)14(10-18)12-5-3-2-4-6-12/h2-9,14H,1H3. The third-order valence-corrected chi connectivity index (χ3v) is 3.57. The first-order valence-corrected chi connectivity index (χ1v) is 6.67. The molecule has 1 atom stereocenters. The van der Waals surface area contributed by atoms with Crippen molar-refractivity contribution < 1.29 is 4.79 Å². The first-order valence-electron chi connectivity index (χ1n) is 5.88. The molecule has 0 aromatic heterocycles. The molecule has 0 radical (unpaired) electrons. The summed E-state index contributed by atoms with van der Waals surface area (Å²) in [6.07, 6.45) is 0. The van der Waals surface area contributed by atoms with Gasteiger partial charge in [-0.2, -0.15) is 5.26 Å². The van der Waals surface area contributed by atoms with Crippen molar-refractivity contribution in [1.82, 2.24) is 0 Å². The van der Waals surface area contributed by atoms with Crippen LogP contribution in [-0.4, -0.2) is 5.78 Å². The molecule has 0 aliphatic rings. The lowest BCUT2D eigenvalue weighted by Gasteiger charge is -2.10. The Balaban J connectivity index is 2.40. The van der Waals surface area contributed by atoms with Crippen molar-refractivity contribution in [2.75, 3.05) is 0 Å². The summed E-state index contributed by atoms with van der Waals surface area (Å²) in [6, 6.07) is 16.7. The van der Waals surface area contributed by atoms with Crippen molar-refractivity contribution in [1.29, 1.82) is 5.26 Å². The van der Waals surface area contributed by atoms with E-state index in [1.165, 1.54) is 0 Å². The molecule has 0 aliphatic heterocycles. The van der Waals surface area contributed by atoms with E-state index in [1.807, 2.05) is 37.3 Å². The van der Waals surface area contributed by atoms with Gasteiger partial charge in [-0.25, -0.2) is 0 Å². The number of nitriles is 1. The number of rotatable bonds is 3. The lowest BCUT2D eigenvalue weighted by atomic mass is 9.91. The minimum Gasteiger partial charge on any atom is -0.292 e. The minimum absolute atomic E-state index is 0.180. The van der Waals surface area contributed by atoms with Crippen molar-refractivity contribution in [2.24, 2.45) is 0 Å². The van der Waals surface area contributed by atoms with Gasteiger partial charge in [0.15, 0.2) is 5.78 Å². The lowest BCUT2D eigenvalue weighted by molar-refractivity contribution is 0.0978. The van der Waals surface area contributed by atoms with E-state index >= 15 is 0 Å². The molecule has 19 heavy (non-hydrogen) atoms. The fourth-order valence-electron chi connectivity index (χ4n) is 1.91. The molecule has 1 unspecified atom stereocenters. The average molecular weight is 314 g/mol. The van der Waals surface area contributed by atoms with Crippen LogP contribution in [0, 0.1) is 18.3 Å². The topological polar surface area (TPSA) is 40.9 Å². The van der Waals surface area contributed by atoms with Gasteiger partial charge in [0.2, 0.25) is 0 Å². The fourth-order valence-corrected chi connectivity index (χ4v) is 2.59. The number of aryl methyl sites for hydroxylation is 1. The first-order chi connectivity index (χ1) is 9.13. The molecule has 0 N–H and O–H groups in total. The largest absolute Gasteiger partial charge is 0.292 e. The Hall–Kier alpha value is -1.92. The van der Waals surface area contributed by atoms with Gasteiger partial charge < -0.3 is 0 Å². The molecule has 0 saturated heterocycles. The van der Waals surface area contributed by atoms with Gasteiger partial charge in [0.05, 0.1) is 6.07 Å². The summed E-state index contributed by atoms with van der Waals surface area (Å²) in [7, 11) is 0. The maximum atomic E-state index is 12.5. The van der Waals surface area contributed by atoms with E-state index in [0.717, 1.165) is 15.6 Å². The molecule has 0 spiro atoms. The molecule has 0 amide bonds. The Morgan fingerprint density at radius 3 is 2.47 bits per heavy atom. The Labute approximate surface area is 120 Å². The number of carbonyl (C=O) groups is 1. The maximum absolute atomic E-state index is 12.5. The van der Waals surface area contributed by atoms with Crippen LogP contribution < -0.4 is 0 Å². The van der Waals surface area contributed by atoms with E-state index < -0.39 is 5.92 Å². The number of carbonyl (C=O) groups excluding carboxylic acids is 1. The summed E-state index contributed by atoms with van der Waals surface area (Å²) in [5, 5.41) is 9.27. The van der Waals surface area contributed by atoms with E-state index in [0.29, 0.717) is 5.56 Å². The summed E-state index contributed by atoms with van der Waals surface area (Å²) in [5.41, 5.74) is 2.33. The van der Waals surface area contributed by atoms with Crippen LogP contribution in [-0.2, 0) is 0 Å². The van der Waals surface area contributed by atoms with Crippen molar-refractivity contribution in [2.45, 2.75) is 12.8 Å². The Bertz CT molecular complexity index is 644. The highest BCUT2D eigenvalue weighted by atomic mass is 79.9. The van der Waals surface area contributed by atoms with Crippen LogP contribution >= 0.6 is 15.9 Å². The molecule has 0 bridgehead atoms. The van der Waals surface area contributed by atoms with E-state index in [1.54, 1.807) is 18.2 Å². The Morgan fingerprint density at radius 2 is 1.89 bits per heavy atom. The second-order valence-electron chi connectivity index (χ2n) is 4.32. The Morgan fingerprint density at radius 1 is 1.21 bits per heavy atom. The van der Waals surface area contributed by atoms with Crippen LogP contribution in [0.5, 0.6) is 0 Å². The number of Topliss-reactive ketones (excluding diaryl/α,β-unsaturated/α-hetero) is 1. The Kier molecular flexibility index (Phi) is 4.13. The van der Waals surface area contributed by atoms with E-state index in [2.05, 4.69) is 22.0 Å². The van der Waals surface area contributed by atoms with Gasteiger partial charge in [0.25, 0.3) is 0 Å². The number of hydrogen-bond donors (Lipinski definition) is 0. The number of ketones is 1. The van der Waals surface area contributed by atoms with Crippen LogP contribution in [0.2, 0.25) is 0 Å². The average Bonchev–Trinajstić information content (AvgIpc) is 2.40. The summed E-state index contributed by atoms with van der Waals surface area (Å²) in [6.45, 7) is 1.96. The molecule has 0 fully saturated rings. The third kappa shape index (κ3) is 2.91. The second-order valence-corrected chi connectivity index (χ2v) is 5.17. The first kappa shape index (κ1) is 13.5. The van der Waals surface area contributed by atoms with Crippen molar-refractivity contribution in [3.8, 4) is 6.07 Å². The van der Waals surface area contributed by atoms with Crippen LogP contribution in [0.3, 0.4) is 0 Å². The highest BCUT2D eigenvalue weighted by Crippen LogP contribution is 2.26. The maximum Gasteiger partial charge on any atom is 0.185 e. The van der Waals surface area contributed by atoms with Crippen molar-refractivity contribution in [3.63, 3.8) is 0 Å². The number of nitrogens with zero attached hydrogens (tertiary/aromatic N) is 1. The highest BCUT2D eigenvalue weighted by molar-refractivity contribution is 9.10. The summed E-state index contributed by atoms with van der Waals surface area (Å²) >= 11 is 3.39. The summed E-state index contributed by atoms with van der Waals surface area (Å²) in [4.78, 5) is 12.5. The normalized spacial score (nSPS) is 11.6. The smallest absolute Gasteiger partial charge is 0.185 e. The predicted molar refractivity (Wildman–Crippen MR) is 78.0 cm³/mol. The van der Waals surface area contributed by atoms with Gasteiger partial charge in [-0.3, -0.25) is 4.79 Å². The van der Waals surface area contributed by atoms with Gasteiger partial charge >= 0.3 is 0 Å². The predicted octanol–water partition coefficient (Wildman–Crippen LogP) is 4.25. The zero-order chi connectivity index (χ0) is 13.8. The molecule has 0 saturated carbocycles. The van der Waals surface area contributed by atoms with E-state index in [9.17, 15) is 10.1 Å². The van der Waals surface area contributed by atoms with E-state index in [4.69, 9.17) is 0 Å². The number of hydrogen-bond acceptors (Lipinski definition) is 2. The SMILES string of the molecule is Cc1ccc(C(=O)C(C#N)c2ccccc2)c(Br)c1. The molecule has 2 rings (SSSR count). The third-order valence-electron chi connectivity index (χ3n) is 2.91. The van der Waals surface area contributed by atoms with Crippen LogP contribution in [0.4, 0.5) is 0 Å². The number of halogens is 1. The zero-order valence-corrected chi connectivity index (χ0v) is 12.0. The number of benzene rings is 2. The van der Waals surface area contributed by atoms with E-state index in [-0.39, 0.29) is 5.78 Å². The molecule has 0 aliphatic carbocycles. The van der Waals surface area contributed by atoms with Crippen molar-refractivity contribution in [3.05, 3.63) is 69.7 Å². The minimum atomic E-state index is -0.764. The van der Waals surface area contributed by atoms with Gasteiger partial charge in [-0.15, -0.1) is 0 Å². The van der Waals surface area contributed by atoms with Gasteiger partial charge in [-0.1, -0.05) is 52.3 Å². The molecular formula is C16H12BrNO. The van der Waals surface area contributed by atoms with Crippen LogP contribution in [0.1, 0.15) is 27.4 Å². The molecule has 3 heteroatoms. The highest BCUT2D eigenvalue weighted by Gasteiger charge is 2.23. The zero-order valence-electron chi connectivity index (χ0n) is 10.4. The molecule has 2 aromatic carbocycles. The second kappa shape index (κ2) is 5.81. The quantitative estimate of drug-likeness (QED) is 0.795. The fraction of sp³-hybridized carbons (Fsp3) is 0.125. The molecular weight excluding hydrogens is 302 g/mol. The monoisotopic (exact) mass is 313 g/mol. The summed E-state index contributed by atoms with van der Waals surface area (Å²) in [5.74, 6) is -0.944. The van der Waals surface area contributed by atoms with Gasteiger partial charge in [0.1, 0.15) is 5.92 Å². The van der Waals surface area contributed by atoms with Crippen LogP contribution in [0.25, 0.3) is 0 Å². The molecule has 2 aromatic rings. The van der Waals surface area contributed by atoms with Gasteiger partial charge in [-0.05, 0) is 30.2 Å². The lowest BCUT2D eigenvalue weighted by Crippen LogP contribution is -2.12. The summed E-state index contributed by atoms with van der Waals surface area (Å²) < 4.78 is 0.730. The van der Waals surface area contributed by atoms with Crippen molar-refractivity contribution >= 4 is 21.7 Å². The van der Waals surface area contributed by atoms with Crippen LogP contribution in [0.15, 0.2) is 53.0 Å². The molecule has 2 nitrogen and oxygen atoms in total. The molecule has 94 valence electrons. The van der Waals surface area contributed by atoms with Gasteiger partial charge in [0, 0.05) is 10.0 Å². The molecule has 0 heterocycles.